The van der Waals surface area contributed by atoms with E-state index in [9.17, 15) is 9.59 Å². The van der Waals surface area contributed by atoms with Crippen LogP contribution < -0.4 is 5.32 Å². The molecule has 0 spiro atoms. The molecule has 0 aliphatic heterocycles. The number of nitrogens with one attached hydrogen (secondary N) is 1. The summed E-state index contributed by atoms with van der Waals surface area (Å²) in [5.74, 6) is 0.00731. The van der Waals surface area contributed by atoms with E-state index in [0.29, 0.717) is 12.8 Å². The van der Waals surface area contributed by atoms with Crippen LogP contribution >= 0.6 is 15.9 Å². The third-order valence-electron chi connectivity index (χ3n) is 1.93. The zero-order valence-corrected chi connectivity index (χ0v) is 8.31. The first kappa shape index (κ1) is 9.51. The van der Waals surface area contributed by atoms with Gasteiger partial charge < -0.3 is 10.1 Å². The summed E-state index contributed by atoms with van der Waals surface area (Å²) in [4.78, 5) is 22.0. The highest BCUT2D eigenvalue weighted by Crippen LogP contribution is 2.36. The molecular formula is C7H10BrNO3. The second-order valence-electron chi connectivity index (χ2n) is 2.76. The number of carbonyl (C=O) groups excluding carboxylic acids is 2. The molecule has 0 aromatic carbocycles. The van der Waals surface area contributed by atoms with E-state index in [1.165, 1.54) is 7.11 Å². The molecule has 1 aliphatic carbocycles. The Hall–Kier alpha value is -0.580. The first-order valence-corrected chi connectivity index (χ1v) is 4.72. The van der Waals surface area contributed by atoms with Gasteiger partial charge in [0.05, 0.1) is 12.4 Å². The fourth-order valence-electron chi connectivity index (χ4n) is 0.973. The molecule has 0 bridgehead atoms. The predicted molar refractivity (Wildman–Crippen MR) is 46.3 cm³/mol. The molecule has 1 amide bonds. The molecule has 0 radical (unpaired) electrons. The molecule has 12 heavy (non-hydrogen) atoms. The van der Waals surface area contributed by atoms with E-state index in [2.05, 4.69) is 26.0 Å². The lowest BCUT2D eigenvalue weighted by Gasteiger charge is -2.12. The van der Waals surface area contributed by atoms with Crippen molar-refractivity contribution in [1.82, 2.24) is 5.32 Å². The number of alkyl halides is 1. The first-order valence-electron chi connectivity index (χ1n) is 3.60. The predicted octanol–water partition coefficient (Wildman–Crippen LogP) is 0.839. The molecule has 5 heteroatoms. The van der Waals surface area contributed by atoms with Crippen LogP contribution in [0.5, 0.6) is 0 Å². The van der Waals surface area contributed by atoms with Crippen molar-refractivity contribution >= 4 is 27.8 Å². The summed E-state index contributed by atoms with van der Waals surface area (Å²) < 4.78 is 4.40. The number of alkyl carbamates (subject to hydrolysis) is 1. The third kappa shape index (κ3) is 1.77. The lowest BCUT2D eigenvalue weighted by Crippen LogP contribution is -2.43. The molecule has 0 unspecified atom stereocenters. The molecule has 68 valence electrons. The Bertz CT molecular complexity index is 213. The van der Waals surface area contributed by atoms with Crippen molar-refractivity contribution in [3.63, 3.8) is 0 Å². The highest BCUT2D eigenvalue weighted by molar-refractivity contribution is 9.09. The van der Waals surface area contributed by atoms with E-state index >= 15 is 0 Å². The minimum Gasteiger partial charge on any atom is -0.453 e. The minimum absolute atomic E-state index is 0.00731. The number of halogens is 1. The molecular weight excluding hydrogens is 226 g/mol. The van der Waals surface area contributed by atoms with Crippen molar-refractivity contribution in [2.45, 2.75) is 18.4 Å². The topological polar surface area (TPSA) is 55.4 Å². The molecule has 1 fully saturated rings. The number of Topliss-reactive ketones (excluding diaryl/α,β-unsaturated/α-hetero) is 1. The van der Waals surface area contributed by atoms with Crippen LogP contribution in [0.3, 0.4) is 0 Å². The second-order valence-corrected chi connectivity index (χ2v) is 3.32. The van der Waals surface area contributed by atoms with E-state index in [1.807, 2.05) is 0 Å². The lowest BCUT2D eigenvalue weighted by molar-refractivity contribution is -0.119. The fraction of sp³-hybridized carbons (Fsp3) is 0.714. The van der Waals surface area contributed by atoms with Crippen LogP contribution in [-0.4, -0.2) is 29.9 Å². The normalized spacial score (nSPS) is 18.2. The van der Waals surface area contributed by atoms with Crippen molar-refractivity contribution in [1.29, 1.82) is 0 Å². The number of rotatable bonds is 3. The SMILES string of the molecule is COC(=O)NC1(C(=O)CBr)CC1. The third-order valence-corrected chi connectivity index (χ3v) is 2.44. The Kier molecular flexibility index (Phi) is 2.72. The highest BCUT2D eigenvalue weighted by atomic mass is 79.9. The Morgan fingerprint density at radius 2 is 2.17 bits per heavy atom. The van der Waals surface area contributed by atoms with Crippen LogP contribution in [0.25, 0.3) is 0 Å². The van der Waals surface area contributed by atoms with Gasteiger partial charge in [-0.25, -0.2) is 4.79 Å². The highest BCUT2D eigenvalue weighted by Gasteiger charge is 2.50. The van der Waals surface area contributed by atoms with Gasteiger partial charge in [0.25, 0.3) is 0 Å². The summed E-state index contributed by atoms with van der Waals surface area (Å²) in [6, 6.07) is 0. The van der Waals surface area contributed by atoms with Crippen LogP contribution in [0, 0.1) is 0 Å². The fourth-order valence-corrected chi connectivity index (χ4v) is 1.51. The number of hydrogen-bond donors (Lipinski definition) is 1. The van der Waals surface area contributed by atoms with Gasteiger partial charge in [0, 0.05) is 0 Å². The molecule has 1 N–H and O–H groups in total. The van der Waals surface area contributed by atoms with Gasteiger partial charge in [-0.05, 0) is 12.8 Å². The van der Waals surface area contributed by atoms with Crippen molar-refractivity contribution in [3.05, 3.63) is 0 Å². The summed E-state index contributed by atoms with van der Waals surface area (Å²) in [6.45, 7) is 0. The van der Waals surface area contributed by atoms with Gasteiger partial charge >= 0.3 is 6.09 Å². The van der Waals surface area contributed by atoms with Crippen LogP contribution in [0.1, 0.15) is 12.8 Å². The standard InChI is InChI=1S/C7H10BrNO3/c1-12-6(11)9-7(2-3-7)5(10)4-8/h2-4H2,1H3,(H,9,11). The maximum Gasteiger partial charge on any atom is 0.407 e. The number of carbonyl (C=O) groups is 2. The maximum atomic E-state index is 11.2. The van der Waals surface area contributed by atoms with Gasteiger partial charge in [-0.1, -0.05) is 15.9 Å². The number of amides is 1. The smallest absolute Gasteiger partial charge is 0.407 e. The first-order chi connectivity index (χ1) is 5.64. The van der Waals surface area contributed by atoms with Crippen molar-refractivity contribution in [3.8, 4) is 0 Å². The van der Waals surface area contributed by atoms with Gasteiger partial charge in [-0.15, -0.1) is 0 Å². The van der Waals surface area contributed by atoms with E-state index in [0.717, 1.165) is 0 Å². The Morgan fingerprint density at radius 1 is 1.58 bits per heavy atom. The van der Waals surface area contributed by atoms with Crippen LogP contribution in [0.15, 0.2) is 0 Å². The van der Waals surface area contributed by atoms with Gasteiger partial charge in [0.15, 0.2) is 5.78 Å². The summed E-state index contributed by atoms with van der Waals surface area (Å²) in [6.07, 6.45) is 0.890. The van der Waals surface area contributed by atoms with Gasteiger partial charge in [-0.2, -0.15) is 0 Å². The molecule has 0 saturated heterocycles. The average Bonchev–Trinajstić information content (AvgIpc) is 2.84. The second kappa shape index (κ2) is 3.43. The molecule has 0 heterocycles. The van der Waals surface area contributed by atoms with Gasteiger partial charge in [-0.3, -0.25) is 4.79 Å². The lowest BCUT2D eigenvalue weighted by atomic mass is 10.2. The van der Waals surface area contributed by atoms with Crippen molar-refractivity contribution in [2.75, 3.05) is 12.4 Å². The molecule has 1 aliphatic rings. The van der Waals surface area contributed by atoms with E-state index in [-0.39, 0.29) is 11.1 Å². The summed E-state index contributed by atoms with van der Waals surface area (Å²) >= 11 is 3.06. The number of ether oxygens (including phenoxy) is 1. The summed E-state index contributed by atoms with van der Waals surface area (Å²) in [5, 5.41) is 2.80. The Balaban J connectivity index is 2.50. The monoisotopic (exact) mass is 235 g/mol. The molecule has 0 aromatic rings. The minimum atomic E-state index is -0.628. The number of ketones is 1. The number of hydrogen-bond acceptors (Lipinski definition) is 3. The van der Waals surface area contributed by atoms with E-state index in [4.69, 9.17) is 0 Å². The summed E-state index contributed by atoms with van der Waals surface area (Å²) in [5.41, 5.74) is -0.628. The molecule has 4 nitrogen and oxygen atoms in total. The number of methoxy groups -OCH3 is 1. The Morgan fingerprint density at radius 3 is 2.50 bits per heavy atom. The van der Waals surface area contributed by atoms with Crippen LogP contribution in [0.2, 0.25) is 0 Å². The molecule has 0 atom stereocenters. The quantitative estimate of drug-likeness (QED) is 0.738. The van der Waals surface area contributed by atoms with Crippen molar-refractivity contribution in [2.24, 2.45) is 0 Å². The Labute approximate surface area is 78.8 Å². The largest absolute Gasteiger partial charge is 0.453 e. The van der Waals surface area contributed by atoms with Crippen LogP contribution in [-0.2, 0) is 9.53 Å². The molecule has 1 rings (SSSR count). The summed E-state index contributed by atoms with van der Waals surface area (Å²) in [7, 11) is 1.28. The molecule has 1 saturated carbocycles. The zero-order chi connectivity index (χ0) is 9.19. The van der Waals surface area contributed by atoms with Gasteiger partial charge in [0.2, 0.25) is 0 Å². The van der Waals surface area contributed by atoms with Crippen LogP contribution in [0.4, 0.5) is 4.79 Å². The molecule has 0 aromatic heterocycles. The van der Waals surface area contributed by atoms with E-state index < -0.39 is 11.6 Å². The van der Waals surface area contributed by atoms with E-state index in [1.54, 1.807) is 0 Å². The average molecular weight is 236 g/mol. The maximum absolute atomic E-state index is 11.2. The zero-order valence-electron chi connectivity index (χ0n) is 6.72. The van der Waals surface area contributed by atoms with Gasteiger partial charge in [0.1, 0.15) is 5.54 Å². The van der Waals surface area contributed by atoms with Crippen molar-refractivity contribution < 1.29 is 14.3 Å².